The third-order valence-corrected chi connectivity index (χ3v) is 9.49. The Bertz CT molecular complexity index is 1600. The Morgan fingerprint density at radius 1 is 1.09 bits per heavy atom. The number of hydrogen-bond donors (Lipinski definition) is 2. The van der Waals surface area contributed by atoms with Crippen LogP contribution in [0.4, 0.5) is 5.82 Å². The van der Waals surface area contributed by atoms with E-state index in [0.717, 1.165) is 47.6 Å². The number of amides is 1. The first-order valence-corrected chi connectivity index (χ1v) is 16.0. The van der Waals surface area contributed by atoms with E-state index in [9.17, 15) is 14.7 Å². The summed E-state index contributed by atoms with van der Waals surface area (Å²) in [6.07, 6.45) is 2.77. The molecule has 240 valence electrons. The molecule has 1 amide bonds. The summed E-state index contributed by atoms with van der Waals surface area (Å²) >= 11 is 1.58. The van der Waals surface area contributed by atoms with E-state index in [1.165, 1.54) is 16.8 Å². The van der Waals surface area contributed by atoms with E-state index < -0.39 is 17.7 Å². The number of ether oxygens (including phenoxy) is 2. The molecule has 0 radical (unpaired) electrons. The highest BCUT2D eigenvalue weighted by molar-refractivity contribution is 7.13. The molecule has 0 bridgehead atoms. The number of nitrogens with zero attached hydrogens (tertiary/aromatic N) is 4. The summed E-state index contributed by atoms with van der Waals surface area (Å²) in [6.45, 7) is 9.18. The molecular weight excluding hydrogens is 594 g/mol. The van der Waals surface area contributed by atoms with Gasteiger partial charge in [0.2, 0.25) is 5.91 Å². The van der Waals surface area contributed by atoms with Gasteiger partial charge in [-0.15, -0.1) is 11.3 Å². The molecule has 11 nitrogen and oxygen atoms in total. The molecule has 1 aliphatic heterocycles. The van der Waals surface area contributed by atoms with Gasteiger partial charge in [-0.3, -0.25) is 14.2 Å². The first-order valence-electron chi connectivity index (χ1n) is 15.1. The van der Waals surface area contributed by atoms with Crippen molar-refractivity contribution in [1.29, 1.82) is 0 Å². The van der Waals surface area contributed by atoms with E-state index in [1.54, 1.807) is 31.6 Å². The van der Waals surface area contributed by atoms with Crippen molar-refractivity contribution in [2.75, 3.05) is 32.2 Å². The van der Waals surface area contributed by atoms with Crippen LogP contribution in [-0.4, -0.2) is 65.2 Å². The smallest absolute Gasteiger partial charge is 0.268 e. The number of piperidine rings is 1. The third-order valence-electron chi connectivity index (χ3n) is 8.51. The normalized spacial score (nSPS) is 15.5. The zero-order valence-corrected chi connectivity index (χ0v) is 27.3. The van der Waals surface area contributed by atoms with Crippen LogP contribution in [0.25, 0.3) is 10.4 Å². The SMILES string of the molecule is COC(OC)C1CCN(c2cc(C(C(=O)n3cc(O)cc3C(=O)N[C@@H](C)c3ccc(-c4scnc4C)cc3)C(C)C)on2)CC1. The van der Waals surface area contributed by atoms with Crippen LogP contribution in [0.15, 0.2) is 52.6 Å². The summed E-state index contributed by atoms with van der Waals surface area (Å²) in [5, 5.41) is 17.6. The van der Waals surface area contributed by atoms with Crippen molar-refractivity contribution in [1.82, 2.24) is 20.0 Å². The van der Waals surface area contributed by atoms with Crippen LogP contribution < -0.4 is 10.2 Å². The quantitative estimate of drug-likeness (QED) is 0.190. The zero-order valence-electron chi connectivity index (χ0n) is 26.5. The van der Waals surface area contributed by atoms with Gasteiger partial charge in [0, 0.05) is 45.4 Å². The van der Waals surface area contributed by atoms with Crippen molar-refractivity contribution in [2.24, 2.45) is 11.8 Å². The summed E-state index contributed by atoms with van der Waals surface area (Å²) in [5.41, 5.74) is 4.81. The lowest BCUT2D eigenvalue weighted by Gasteiger charge is -2.34. The monoisotopic (exact) mass is 635 g/mol. The molecule has 0 spiro atoms. The Balaban J connectivity index is 1.29. The molecule has 45 heavy (non-hydrogen) atoms. The molecule has 2 atom stereocenters. The summed E-state index contributed by atoms with van der Waals surface area (Å²) < 4.78 is 17.8. The molecule has 4 heterocycles. The minimum absolute atomic E-state index is 0.0413. The fourth-order valence-electron chi connectivity index (χ4n) is 6.00. The first-order chi connectivity index (χ1) is 21.6. The van der Waals surface area contributed by atoms with E-state index in [1.807, 2.05) is 57.5 Å². The third kappa shape index (κ3) is 6.98. The molecule has 1 aromatic carbocycles. The van der Waals surface area contributed by atoms with Crippen LogP contribution >= 0.6 is 11.3 Å². The average molecular weight is 636 g/mol. The van der Waals surface area contributed by atoms with Gasteiger partial charge in [-0.25, -0.2) is 4.98 Å². The number of carbonyl (C=O) groups excluding carboxylic acids is 2. The van der Waals surface area contributed by atoms with Gasteiger partial charge in [0.1, 0.15) is 17.4 Å². The van der Waals surface area contributed by atoms with E-state index in [-0.39, 0.29) is 35.6 Å². The number of nitrogens with one attached hydrogen (secondary N) is 1. The summed E-state index contributed by atoms with van der Waals surface area (Å²) in [6, 6.07) is 10.7. The van der Waals surface area contributed by atoms with E-state index >= 15 is 0 Å². The minimum atomic E-state index is -0.728. The predicted molar refractivity (Wildman–Crippen MR) is 172 cm³/mol. The lowest BCUT2D eigenvalue weighted by molar-refractivity contribution is -0.141. The minimum Gasteiger partial charge on any atom is -0.506 e. The Hall–Kier alpha value is -4.00. The average Bonchev–Trinajstić information content (AvgIpc) is 3.78. The maximum Gasteiger partial charge on any atom is 0.268 e. The lowest BCUT2D eigenvalue weighted by atomic mass is 9.92. The highest BCUT2D eigenvalue weighted by Crippen LogP contribution is 2.33. The second-order valence-electron chi connectivity index (χ2n) is 11.8. The van der Waals surface area contributed by atoms with Crippen molar-refractivity contribution in [2.45, 2.75) is 58.8 Å². The van der Waals surface area contributed by atoms with Crippen molar-refractivity contribution < 1.29 is 28.7 Å². The molecule has 3 aromatic heterocycles. The fourth-order valence-corrected chi connectivity index (χ4v) is 6.82. The standard InChI is InChI=1S/C33H41N5O6S/c1-19(2)29(27-16-28(36-44-27)37-13-11-24(12-14-37)33(42-5)43-6)32(41)38-17-25(39)15-26(38)31(40)35-20(3)22-7-9-23(10-8-22)30-21(4)34-18-45-30/h7-10,15-20,24,29,33,39H,11-14H2,1-6H3,(H,35,40)/t20-,29?/m0/s1. The van der Waals surface area contributed by atoms with Crippen LogP contribution in [-0.2, 0) is 9.47 Å². The number of anilines is 1. The van der Waals surface area contributed by atoms with E-state index in [2.05, 4.69) is 20.4 Å². The number of rotatable bonds is 11. The molecule has 5 rings (SSSR count). The van der Waals surface area contributed by atoms with Gasteiger partial charge in [-0.05, 0) is 43.7 Å². The lowest BCUT2D eigenvalue weighted by Crippen LogP contribution is -2.39. The maximum atomic E-state index is 14.0. The van der Waals surface area contributed by atoms with Crippen LogP contribution in [0.3, 0.4) is 0 Å². The molecule has 0 saturated carbocycles. The number of hydrogen-bond acceptors (Lipinski definition) is 10. The van der Waals surface area contributed by atoms with E-state index in [0.29, 0.717) is 11.6 Å². The van der Waals surface area contributed by atoms with Crippen LogP contribution in [0, 0.1) is 18.8 Å². The molecule has 1 unspecified atom stereocenters. The van der Waals surface area contributed by atoms with Crippen LogP contribution in [0.2, 0.25) is 0 Å². The predicted octanol–water partition coefficient (Wildman–Crippen LogP) is 6.02. The Morgan fingerprint density at radius 3 is 2.38 bits per heavy atom. The molecular formula is C33H41N5O6S. The van der Waals surface area contributed by atoms with Gasteiger partial charge < -0.3 is 29.3 Å². The fraction of sp³-hybridized carbons (Fsp3) is 0.455. The number of carbonyl (C=O) groups is 2. The van der Waals surface area contributed by atoms with Gasteiger partial charge >= 0.3 is 0 Å². The maximum absolute atomic E-state index is 14.0. The summed E-state index contributed by atoms with van der Waals surface area (Å²) in [7, 11) is 3.30. The summed E-state index contributed by atoms with van der Waals surface area (Å²) in [5.74, 6) is -0.602. The van der Waals surface area contributed by atoms with Crippen molar-refractivity contribution in [3.05, 3.63) is 70.8 Å². The Labute approximate surface area is 267 Å². The number of aromatic nitrogens is 3. The molecule has 1 fully saturated rings. The molecule has 1 aliphatic rings. The van der Waals surface area contributed by atoms with Crippen molar-refractivity contribution >= 4 is 29.0 Å². The number of aryl methyl sites for hydroxylation is 1. The van der Waals surface area contributed by atoms with Gasteiger partial charge in [-0.2, -0.15) is 0 Å². The number of aromatic hydroxyl groups is 1. The molecule has 2 N–H and O–H groups in total. The molecule has 12 heteroatoms. The van der Waals surface area contributed by atoms with Crippen molar-refractivity contribution in [3.8, 4) is 16.2 Å². The van der Waals surface area contributed by atoms with Crippen LogP contribution in [0.1, 0.15) is 77.9 Å². The van der Waals surface area contributed by atoms with Gasteiger partial charge in [0.05, 0.1) is 28.3 Å². The zero-order chi connectivity index (χ0) is 32.2. The van der Waals surface area contributed by atoms with E-state index in [4.69, 9.17) is 14.0 Å². The topological polar surface area (TPSA) is 132 Å². The highest BCUT2D eigenvalue weighted by Gasteiger charge is 2.34. The number of benzene rings is 1. The van der Waals surface area contributed by atoms with Gasteiger partial charge in [-0.1, -0.05) is 43.3 Å². The number of thiazole rings is 1. The summed E-state index contributed by atoms with van der Waals surface area (Å²) in [4.78, 5) is 35.0. The van der Waals surface area contributed by atoms with Crippen molar-refractivity contribution in [3.63, 3.8) is 0 Å². The largest absolute Gasteiger partial charge is 0.506 e. The molecule has 1 saturated heterocycles. The Morgan fingerprint density at radius 2 is 1.78 bits per heavy atom. The molecule has 4 aromatic rings. The van der Waals surface area contributed by atoms with Gasteiger partial charge in [0.15, 0.2) is 17.9 Å². The highest BCUT2D eigenvalue weighted by atomic mass is 32.1. The first kappa shape index (κ1) is 32.4. The second kappa shape index (κ2) is 14.0. The number of methoxy groups -OCH3 is 2. The second-order valence-corrected chi connectivity index (χ2v) is 12.7. The Kier molecular flexibility index (Phi) is 10.1. The van der Waals surface area contributed by atoms with Gasteiger partial charge in [0.25, 0.3) is 5.91 Å². The molecule has 0 aliphatic carbocycles. The van der Waals surface area contributed by atoms with Crippen LogP contribution in [0.5, 0.6) is 5.75 Å².